The maximum Gasteiger partial charge on any atom is 0.416 e. The van der Waals surface area contributed by atoms with Crippen LogP contribution in [0.25, 0.3) is 0 Å². The summed E-state index contributed by atoms with van der Waals surface area (Å²) in [5, 5.41) is 13.4. The number of amides is 2. The second-order valence-corrected chi connectivity index (χ2v) is 4.73. The summed E-state index contributed by atoms with van der Waals surface area (Å²) in [5.41, 5.74) is -0.701. The number of rotatable bonds is 4. The molecule has 5 nitrogen and oxygen atoms in total. The molecule has 1 aromatic carbocycles. The van der Waals surface area contributed by atoms with Gasteiger partial charge in [0.15, 0.2) is 0 Å². The average Bonchev–Trinajstić information content (AvgIpc) is 2.34. The molecule has 116 valence electrons. The lowest BCUT2D eigenvalue weighted by atomic mass is 10.1. The number of anilines is 1. The molecule has 0 aliphatic rings. The van der Waals surface area contributed by atoms with Gasteiger partial charge >= 0.3 is 18.2 Å². The van der Waals surface area contributed by atoms with Gasteiger partial charge < -0.3 is 15.7 Å². The third-order valence-corrected chi connectivity index (χ3v) is 2.69. The van der Waals surface area contributed by atoms with E-state index in [-0.39, 0.29) is 11.6 Å². The van der Waals surface area contributed by atoms with E-state index in [0.29, 0.717) is 0 Å². The van der Waals surface area contributed by atoms with E-state index >= 15 is 0 Å². The fraction of sp³-hybridized carbons (Fsp3) is 0.385. The molecule has 0 aliphatic carbocycles. The first-order valence-electron chi connectivity index (χ1n) is 6.09. The van der Waals surface area contributed by atoms with Crippen molar-refractivity contribution in [1.82, 2.24) is 5.32 Å². The Morgan fingerprint density at radius 3 is 2.05 bits per heavy atom. The van der Waals surface area contributed by atoms with Crippen LogP contribution in [0, 0.1) is 5.92 Å². The van der Waals surface area contributed by atoms with Gasteiger partial charge in [-0.2, -0.15) is 13.2 Å². The van der Waals surface area contributed by atoms with Crippen molar-refractivity contribution in [3.63, 3.8) is 0 Å². The van der Waals surface area contributed by atoms with Crippen LogP contribution in [0.2, 0.25) is 0 Å². The van der Waals surface area contributed by atoms with Crippen molar-refractivity contribution in [2.24, 2.45) is 5.92 Å². The summed E-state index contributed by atoms with van der Waals surface area (Å²) in [5.74, 6) is -1.52. The summed E-state index contributed by atoms with van der Waals surface area (Å²) in [6.45, 7) is 3.24. The van der Waals surface area contributed by atoms with Crippen molar-refractivity contribution >= 4 is 17.7 Å². The highest BCUT2D eigenvalue weighted by Gasteiger charge is 2.30. The highest BCUT2D eigenvalue weighted by molar-refractivity contribution is 5.92. The van der Waals surface area contributed by atoms with Crippen molar-refractivity contribution in [1.29, 1.82) is 0 Å². The number of urea groups is 1. The van der Waals surface area contributed by atoms with Crippen molar-refractivity contribution < 1.29 is 27.9 Å². The van der Waals surface area contributed by atoms with E-state index in [9.17, 15) is 22.8 Å². The van der Waals surface area contributed by atoms with E-state index < -0.39 is 29.8 Å². The van der Waals surface area contributed by atoms with Gasteiger partial charge in [-0.1, -0.05) is 13.8 Å². The Morgan fingerprint density at radius 2 is 1.67 bits per heavy atom. The molecule has 0 heterocycles. The highest BCUT2D eigenvalue weighted by atomic mass is 19.4. The number of halogens is 3. The van der Waals surface area contributed by atoms with Crippen molar-refractivity contribution in [2.75, 3.05) is 5.32 Å². The molecule has 0 saturated heterocycles. The molecule has 1 aromatic rings. The van der Waals surface area contributed by atoms with E-state index in [2.05, 4.69) is 10.6 Å². The third-order valence-electron chi connectivity index (χ3n) is 2.69. The van der Waals surface area contributed by atoms with Gasteiger partial charge in [0, 0.05) is 5.69 Å². The lowest BCUT2D eigenvalue weighted by molar-refractivity contribution is -0.140. The molecule has 0 fully saturated rings. The minimum atomic E-state index is -4.45. The Labute approximate surface area is 119 Å². The van der Waals surface area contributed by atoms with Crippen LogP contribution in [0.5, 0.6) is 0 Å². The van der Waals surface area contributed by atoms with Crippen LogP contribution in [0.15, 0.2) is 24.3 Å². The van der Waals surface area contributed by atoms with Crippen LogP contribution in [0.4, 0.5) is 23.7 Å². The summed E-state index contributed by atoms with van der Waals surface area (Å²) < 4.78 is 37.1. The molecule has 0 aliphatic heterocycles. The number of hydrogen-bond donors (Lipinski definition) is 3. The van der Waals surface area contributed by atoms with Crippen molar-refractivity contribution in [3.05, 3.63) is 29.8 Å². The number of aliphatic carboxylic acids is 1. The monoisotopic (exact) mass is 304 g/mol. The van der Waals surface area contributed by atoms with Gasteiger partial charge in [-0.15, -0.1) is 0 Å². The second-order valence-electron chi connectivity index (χ2n) is 4.73. The minimum absolute atomic E-state index is 0.133. The predicted octanol–water partition coefficient (Wildman–Crippen LogP) is 2.94. The zero-order chi connectivity index (χ0) is 16.2. The standard InChI is InChI=1S/C13H15F3N2O3/c1-7(2)10(11(19)20)18-12(21)17-9-5-3-8(4-6-9)13(14,15)16/h3-7,10H,1-2H3,(H,19,20)(H2,17,18,21)/t10-/m1/s1. The molecule has 3 N–H and O–H groups in total. The molecule has 0 saturated carbocycles. The number of hydrogen-bond acceptors (Lipinski definition) is 2. The number of carboxylic acids is 1. The van der Waals surface area contributed by atoms with Crippen LogP contribution in [-0.2, 0) is 11.0 Å². The number of alkyl halides is 3. The number of carbonyl (C=O) groups excluding carboxylic acids is 1. The molecule has 0 spiro atoms. The highest BCUT2D eigenvalue weighted by Crippen LogP contribution is 2.29. The maximum absolute atomic E-state index is 12.4. The van der Waals surface area contributed by atoms with Crippen molar-refractivity contribution in [2.45, 2.75) is 26.1 Å². The number of carbonyl (C=O) groups is 2. The van der Waals surface area contributed by atoms with Gasteiger partial charge in [-0.3, -0.25) is 0 Å². The van der Waals surface area contributed by atoms with Crippen LogP contribution < -0.4 is 10.6 Å². The lowest BCUT2D eigenvalue weighted by Gasteiger charge is -2.18. The van der Waals surface area contributed by atoms with Gasteiger partial charge in [-0.05, 0) is 30.2 Å². The number of nitrogens with one attached hydrogen (secondary N) is 2. The molecule has 0 unspecified atom stereocenters. The molecular formula is C13H15F3N2O3. The molecule has 21 heavy (non-hydrogen) atoms. The summed E-state index contributed by atoms with van der Waals surface area (Å²) in [4.78, 5) is 22.5. The van der Waals surface area contributed by atoms with Gasteiger partial charge in [-0.25, -0.2) is 9.59 Å². The van der Waals surface area contributed by atoms with E-state index in [1.807, 2.05) is 0 Å². The Morgan fingerprint density at radius 1 is 1.14 bits per heavy atom. The molecule has 0 radical (unpaired) electrons. The molecule has 8 heteroatoms. The summed E-state index contributed by atoms with van der Waals surface area (Å²) in [7, 11) is 0. The Kier molecular flexibility index (Phi) is 5.17. The van der Waals surface area contributed by atoms with Gasteiger partial charge in [0.1, 0.15) is 6.04 Å². The molecule has 0 aromatic heterocycles. The normalized spacial score (nSPS) is 12.9. The van der Waals surface area contributed by atoms with E-state index in [4.69, 9.17) is 5.11 Å². The first-order chi connectivity index (χ1) is 9.61. The fourth-order valence-electron chi connectivity index (χ4n) is 1.56. The Hall–Kier alpha value is -2.25. The van der Waals surface area contributed by atoms with Gasteiger partial charge in [0.05, 0.1) is 5.56 Å². The fourth-order valence-corrected chi connectivity index (χ4v) is 1.56. The first kappa shape index (κ1) is 16.8. The molecular weight excluding hydrogens is 289 g/mol. The van der Waals surface area contributed by atoms with E-state index in [1.165, 1.54) is 0 Å². The van der Waals surface area contributed by atoms with Crippen LogP contribution in [-0.4, -0.2) is 23.1 Å². The van der Waals surface area contributed by atoms with E-state index in [0.717, 1.165) is 24.3 Å². The van der Waals surface area contributed by atoms with Crippen LogP contribution in [0.1, 0.15) is 19.4 Å². The molecule has 1 rings (SSSR count). The largest absolute Gasteiger partial charge is 0.480 e. The molecule has 2 amide bonds. The quantitative estimate of drug-likeness (QED) is 0.800. The minimum Gasteiger partial charge on any atom is -0.480 e. The maximum atomic E-state index is 12.4. The molecule has 0 bridgehead atoms. The third kappa shape index (κ3) is 4.97. The zero-order valence-electron chi connectivity index (χ0n) is 11.4. The van der Waals surface area contributed by atoms with Gasteiger partial charge in [0.25, 0.3) is 0 Å². The Balaban J connectivity index is 2.69. The summed E-state index contributed by atoms with van der Waals surface area (Å²) in [6, 6.07) is 1.95. The predicted molar refractivity (Wildman–Crippen MR) is 69.9 cm³/mol. The first-order valence-corrected chi connectivity index (χ1v) is 6.09. The van der Waals surface area contributed by atoms with Gasteiger partial charge in [0.2, 0.25) is 0 Å². The molecule has 1 atom stereocenters. The lowest BCUT2D eigenvalue weighted by Crippen LogP contribution is -2.46. The van der Waals surface area contributed by atoms with Crippen LogP contribution >= 0.6 is 0 Å². The number of benzene rings is 1. The van der Waals surface area contributed by atoms with Crippen LogP contribution in [0.3, 0.4) is 0 Å². The van der Waals surface area contributed by atoms with E-state index in [1.54, 1.807) is 13.8 Å². The zero-order valence-corrected chi connectivity index (χ0v) is 11.4. The Bertz CT molecular complexity index is 512. The topological polar surface area (TPSA) is 78.4 Å². The summed E-state index contributed by atoms with van der Waals surface area (Å²) in [6.07, 6.45) is -4.45. The summed E-state index contributed by atoms with van der Waals surface area (Å²) >= 11 is 0. The average molecular weight is 304 g/mol. The second kappa shape index (κ2) is 6.47. The van der Waals surface area contributed by atoms with Crippen molar-refractivity contribution in [3.8, 4) is 0 Å². The SMILES string of the molecule is CC(C)[C@@H](NC(=O)Nc1ccc(C(F)(F)F)cc1)C(=O)O. The number of carboxylic acid groups (broad SMARTS) is 1. The smallest absolute Gasteiger partial charge is 0.416 e.